The standard InChI is InChI=1S/C18H19NO2/c1-19-9-8-18-12-4-3-5-15(18)21-17-14(20-2)7-6-11(16(17)18)10-13(12)19/h3-7,13,15H,8-10H2,1-2H3/t13-,15+,18+/m0/s1. The van der Waals surface area contributed by atoms with E-state index in [2.05, 4.69) is 42.3 Å². The molecule has 2 heterocycles. The number of nitrogens with zero attached hydrogens (tertiary/aromatic N) is 1. The quantitative estimate of drug-likeness (QED) is 0.789. The summed E-state index contributed by atoms with van der Waals surface area (Å²) in [5.41, 5.74) is 4.45. The first kappa shape index (κ1) is 11.9. The van der Waals surface area contributed by atoms with E-state index in [0.717, 1.165) is 30.9 Å². The van der Waals surface area contributed by atoms with E-state index in [4.69, 9.17) is 9.47 Å². The van der Waals surface area contributed by atoms with Crippen LogP contribution in [0.3, 0.4) is 0 Å². The van der Waals surface area contributed by atoms with Crippen LogP contribution in [0.15, 0.2) is 35.9 Å². The summed E-state index contributed by atoms with van der Waals surface area (Å²) < 4.78 is 11.9. The Morgan fingerprint density at radius 2 is 2.29 bits per heavy atom. The molecule has 3 heteroatoms. The minimum Gasteiger partial charge on any atom is -0.493 e. The maximum Gasteiger partial charge on any atom is 0.166 e. The summed E-state index contributed by atoms with van der Waals surface area (Å²) >= 11 is 0. The van der Waals surface area contributed by atoms with E-state index in [1.54, 1.807) is 12.7 Å². The largest absolute Gasteiger partial charge is 0.493 e. The van der Waals surface area contributed by atoms with Crippen molar-refractivity contribution in [1.82, 2.24) is 4.90 Å². The van der Waals surface area contributed by atoms with Gasteiger partial charge in [0.2, 0.25) is 0 Å². The summed E-state index contributed by atoms with van der Waals surface area (Å²) in [6, 6.07) is 4.82. The molecule has 4 aliphatic rings. The molecule has 3 nitrogen and oxygen atoms in total. The molecule has 0 N–H and O–H groups in total. The zero-order valence-corrected chi connectivity index (χ0v) is 12.4. The normalized spacial score (nSPS) is 35.0. The predicted molar refractivity (Wildman–Crippen MR) is 81.1 cm³/mol. The molecule has 108 valence electrons. The van der Waals surface area contributed by atoms with Crippen LogP contribution in [0.2, 0.25) is 0 Å². The highest BCUT2D eigenvalue weighted by atomic mass is 16.5. The molecule has 0 radical (unpaired) electrons. The van der Waals surface area contributed by atoms with E-state index in [0.29, 0.717) is 6.04 Å². The first-order chi connectivity index (χ1) is 10.3. The Balaban J connectivity index is 1.85. The monoisotopic (exact) mass is 281 g/mol. The molecule has 0 unspecified atom stereocenters. The van der Waals surface area contributed by atoms with Crippen molar-refractivity contribution in [3.05, 3.63) is 47.1 Å². The number of hydrogen-bond acceptors (Lipinski definition) is 3. The molecule has 3 atom stereocenters. The molecule has 1 aromatic carbocycles. The van der Waals surface area contributed by atoms with Crippen LogP contribution in [0.4, 0.5) is 0 Å². The second-order valence-corrected chi connectivity index (χ2v) is 6.60. The van der Waals surface area contributed by atoms with Crippen molar-refractivity contribution < 1.29 is 9.47 Å². The number of ether oxygens (including phenoxy) is 2. The Hall–Kier alpha value is -1.74. The SMILES string of the molecule is COc1ccc2c3c1O[C@@H]1C=CC=C4[C@H](C2)N(C)CC[C@]431. The van der Waals surface area contributed by atoms with Crippen LogP contribution in [-0.4, -0.2) is 37.7 Å². The molecule has 0 aromatic heterocycles. The van der Waals surface area contributed by atoms with E-state index in [-0.39, 0.29) is 11.5 Å². The fourth-order valence-electron chi connectivity index (χ4n) is 4.87. The Kier molecular flexibility index (Phi) is 2.10. The highest BCUT2D eigenvalue weighted by molar-refractivity contribution is 5.67. The lowest BCUT2D eigenvalue weighted by molar-refractivity contribution is 0.117. The van der Waals surface area contributed by atoms with Gasteiger partial charge in [0.25, 0.3) is 0 Å². The average molecular weight is 281 g/mol. The van der Waals surface area contributed by atoms with Crippen molar-refractivity contribution in [1.29, 1.82) is 0 Å². The molecule has 1 fully saturated rings. The minimum absolute atomic E-state index is 0.0589. The summed E-state index contributed by atoms with van der Waals surface area (Å²) in [5.74, 6) is 1.86. The van der Waals surface area contributed by atoms with E-state index in [1.807, 2.05) is 0 Å². The maximum absolute atomic E-state index is 6.36. The van der Waals surface area contributed by atoms with Gasteiger partial charge < -0.3 is 9.47 Å². The van der Waals surface area contributed by atoms with E-state index in [9.17, 15) is 0 Å². The number of likely N-dealkylation sites (N-methyl/N-ethyl adjacent to an activating group) is 1. The number of methoxy groups -OCH3 is 1. The predicted octanol–water partition coefficient (Wildman–Crippen LogP) is 2.45. The Bertz CT molecular complexity index is 705. The molecule has 5 rings (SSSR count). The highest BCUT2D eigenvalue weighted by Crippen LogP contribution is 2.61. The summed E-state index contributed by atoms with van der Waals surface area (Å²) in [7, 11) is 3.98. The van der Waals surface area contributed by atoms with Crippen molar-refractivity contribution in [3.63, 3.8) is 0 Å². The molecule has 2 aliphatic carbocycles. The molecule has 1 aromatic rings. The third-order valence-corrected chi connectivity index (χ3v) is 5.84. The third kappa shape index (κ3) is 1.21. The number of allylic oxidation sites excluding steroid dienone is 2. The fourth-order valence-corrected chi connectivity index (χ4v) is 4.87. The molecule has 0 saturated carbocycles. The van der Waals surface area contributed by atoms with Gasteiger partial charge in [0.15, 0.2) is 11.5 Å². The first-order valence-electron chi connectivity index (χ1n) is 7.72. The second-order valence-electron chi connectivity index (χ2n) is 6.60. The van der Waals surface area contributed by atoms with E-state index in [1.165, 1.54) is 11.1 Å². The molecule has 0 amide bonds. The summed E-state index contributed by atoms with van der Waals surface area (Å²) in [6.07, 6.45) is 9.08. The summed E-state index contributed by atoms with van der Waals surface area (Å²) in [6.45, 7) is 1.13. The average Bonchev–Trinajstić information content (AvgIpc) is 2.84. The van der Waals surface area contributed by atoms with Crippen molar-refractivity contribution in [2.45, 2.75) is 30.4 Å². The van der Waals surface area contributed by atoms with Gasteiger partial charge in [-0.25, -0.2) is 0 Å². The third-order valence-electron chi connectivity index (χ3n) is 5.84. The number of hydrogen-bond donors (Lipinski definition) is 0. The van der Waals surface area contributed by atoms with Crippen LogP contribution in [0.25, 0.3) is 0 Å². The summed E-state index contributed by atoms with van der Waals surface area (Å²) in [5, 5.41) is 0. The lowest BCUT2D eigenvalue weighted by Gasteiger charge is -2.52. The molecular formula is C18H19NO2. The Labute approximate surface area is 124 Å². The molecule has 1 spiro atoms. The topological polar surface area (TPSA) is 21.7 Å². The minimum atomic E-state index is 0.0589. The Morgan fingerprint density at radius 1 is 1.38 bits per heavy atom. The van der Waals surface area contributed by atoms with Gasteiger partial charge in [-0.3, -0.25) is 4.90 Å². The number of benzene rings is 1. The zero-order valence-electron chi connectivity index (χ0n) is 12.4. The van der Waals surface area contributed by atoms with E-state index >= 15 is 0 Å². The molecule has 2 aliphatic heterocycles. The van der Waals surface area contributed by atoms with Crippen LogP contribution in [0.5, 0.6) is 11.5 Å². The van der Waals surface area contributed by atoms with Gasteiger partial charge in [-0.05, 0) is 49.7 Å². The van der Waals surface area contributed by atoms with Crippen molar-refractivity contribution >= 4 is 0 Å². The smallest absolute Gasteiger partial charge is 0.166 e. The lowest BCUT2D eigenvalue weighted by Crippen LogP contribution is -2.57. The maximum atomic E-state index is 6.36. The van der Waals surface area contributed by atoms with Crippen LogP contribution >= 0.6 is 0 Å². The molecule has 21 heavy (non-hydrogen) atoms. The number of piperidine rings is 1. The Morgan fingerprint density at radius 3 is 3.14 bits per heavy atom. The van der Waals surface area contributed by atoms with E-state index < -0.39 is 0 Å². The molecule has 2 bridgehead atoms. The van der Waals surface area contributed by atoms with Crippen LogP contribution in [0.1, 0.15) is 17.5 Å². The van der Waals surface area contributed by atoms with Crippen molar-refractivity contribution in [2.24, 2.45) is 0 Å². The van der Waals surface area contributed by atoms with Crippen LogP contribution < -0.4 is 9.47 Å². The zero-order chi connectivity index (χ0) is 14.2. The van der Waals surface area contributed by atoms with Crippen molar-refractivity contribution in [2.75, 3.05) is 20.7 Å². The van der Waals surface area contributed by atoms with Gasteiger partial charge in [0, 0.05) is 11.6 Å². The summed E-state index contributed by atoms with van der Waals surface area (Å²) in [4.78, 5) is 2.50. The lowest BCUT2D eigenvalue weighted by atomic mass is 9.57. The van der Waals surface area contributed by atoms with Gasteiger partial charge in [0.1, 0.15) is 6.10 Å². The first-order valence-corrected chi connectivity index (χ1v) is 7.72. The highest BCUT2D eigenvalue weighted by Gasteiger charge is 2.59. The number of rotatable bonds is 1. The van der Waals surface area contributed by atoms with Gasteiger partial charge >= 0.3 is 0 Å². The molecule has 1 saturated heterocycles. The van der Waals surface area contributed by atoms with Crippen molar-refractivity contribution in [3.8, 4) is 11.5 Å². The van der Waals surface area contributed by atoms with Crippen LogP contribution in [0, 0.1) is 0 Å². The fraction of sp³-hybridized carbons (Fsp3) is 0.444. The van der Waals surface area contributed by atoms with Gasteiger partial charge in [-0.2, -0.15) is 0 Å². The molecular weight excluding hydrogens is 262 g/mol. The van der Waals surface area contributed by atoms with Gasteiger partial charge in [-0.1, -0.05) is 18.2 Å². The van der Waals surface area contributed by atoms with Gasteiger partial charge in [0.05, 0.1) is 12.5 Å². The van der Waals surface area contributed by atoms with Crippen LogP contribution in [-0.2, 0) is 11.8 Å². The number of likely N-dealkylation sites (tertiary alicyclic amines) is 1. The van der Waals surface area contributed by atoms with Gasteiger partial charge in [-0.15, -0.1) is 0 Å². The second kappa shape index (κ2) is 3.72.